The number of amides is 3. The topological polar surface area (TPSA) is 144 Å². The maximum absolute atomic E-state index is 13.7. The number of aldehydes is 1. The normalized spacial score (nSPS) is 22.1. The first-order valence-electron chi connectivity index (χ1n) is 12.6. The predicted molar refractivity (Wildman–Crippen MR) is 139 cm³/mol. The number of likely N-dealkylation sites (N-methyl/N-ethyl adjacent to an activating group) is 1. The molecule has 6 rings (SSSR count). The van der Waals surface area contributed by atoms with Crippen LogP contribution >= 0.6 is 0 Å². The van der Waals surface area contributed by atoms with Crippen LogP contribution in [-0.4, -0.2) is 97.5 Å². The van der Waals surface area contributed by atoms with Crippen LogP contribution in [0.2, 0.25) is 0 Å². The molecule has 1 saturated heterocycles. The third kappa shape index (κ3) is 4.44. The second-order valence-electron chi connectivity index (χ2n) is 9.91. The monoisotopic (exact) mass is 518 g/mol. The van der Waals surface area contributed by atoms with Crippen molar-refractivity contribution in [1.29, 1.82) is 5.26 Å². The Hall–Kier alpha value is -4.08. The van der Waals surface area contributed by atoms with E-state index in [1.807, 2.05) is 11.9 Å². The van der Waals surface area contributed by atoms with Crippen LogP contribution in [0.5, 0.6) is 0 Å². The summed E-state index contributed by atoms with van der Waals surface area (Å²) in [5.41, 5.74) is 0.971. The number of nitrogens with one attached hydrogen (secondary N) is 2. The predicted octanol–water partition coefficient (Wildman–Crippen LogP) is 1.45. The van der Waals surface area contributed by atoms with Gasteiger partial charge in [0.25, 0.3) is 0 Å². The summed E-state index contributed by atoms with van der Waals surface area (Å²) in [6, 6.07) is 6.31. The van der Waals surface area contributed by atoms with Crippen molar-refractivity contribution in [2.75, 3.05) is 69.0 Å². The minimum Gasteiger partial charge on any atom is -0.383 e. The zero-order valence-corrected chi connectivity index (χ0v) is 21.4. The van der Waals surface area contributed by atoms with Gasteiger partial charge in [-0.2, -0.15) is 5.26 Å². The molecule has 38 heavy (non-hydrogen) atoms. The van der Waals surface area contributed by atoms with E-state index in [1.165, 1.54) is 11.1 Å². The van der Waals surface area contributed by atoms with E-state index < -0.39 is 11.4 Å². The van der Waals surface area contributed by atoms with Crippen LogP contribution in [0.3, 0.4) is 0 Å². The summed E-state index contributed by atoms with van der Waals surface area (Å²) in [4.78, 5) is 53.1. The molecule has 2 fully saturated rings. The quantitative estimate of drug-likeness (QED) is 0.411. The minimum atomic E-state index is -0.744. The summed E-state index contributed by atoms with van der Waals surface area (Å²) < 4.78 is 5.05. The first-order chi connectivity index (χ1) is 18.4. The number of methoxy groups -OCH3 is 1. The van der Waals surface area contributed by atoms with Gasteiger partial charge in [-0.05, 0) is 26.0 Å². The van der Waals surface area contributed by atoms with Crippen LogP contribution < -0.4 is 15.5 Å². The Labute approximate surface area is 220 Å². The van der Waals surface area contributed by atoms with Crippen molar-refractivity contribution < 1.29 is 19.1 Å². The van der Waals surface area contributed by atoms with Gasteiger partial charge in [-0.1, -0.05) is 6.07 Å². The van der Waals surface area contributed by atoms with Gasteiger partial charge in [-0.3, -0.25) is 19.8 Å². The molecule has 1 aliphatic carbocycles. The second kappa shape index (κ2) is 10.4. The summed E-state index contributed by atoms with van der Waals surface area (Å²) >= 11 is 0. The number of hydrogen-bond donors (Lipinski definition) is 2. The molecular weight excluding hydrogens is 488 g/mol. The molecule has 12 nitrogen and oxygen atoms in total. The Morgan fingerprint density at radius 1 is 1.26 bits per heavy atom. The molecule has 3 aliphatic heterocycles. The van der Waals surface area contributed by atoms with E-state index in [4.69, 9.17) is 4.74 Å². The second-order valence-corrected chi connectivity index (χ2v) is 9.91. The van der Waals surface area contributed by atoms with E-state index in [0.29, 0.717) is 68.0 Å². The molecule has 12 heteroatoms. The number of anilines is 3. The number of carbonyl (C=O) groups excluding carboxylic acids is 3. The average Bonchev–Trinajstić information content (AvgIpc) is 2.91. The van der Waals surface area contributed by atoms with Crippen molar-refractivity contribution in [1.82, 2.24) is 19.8 Å². The van der Waals surface area contributed by atoms with Gasteiger partial charge in [-0.15, -0.1) is 0 Å². The Bertz CT molecular complexity index is 1290. The average molecular weight is 519 g/mol. The molecule has 3 amide bonds. The van der Waals surface area contributed by atoms with Crippen molar-refractivity contribution in [2.45, 2.75) is 24.3 Å². The van der Waals surface area contributed by atoms with E-state index in [1.54, 1.807) is 25.3 Å². The highest BCUT2D eigenvalue weighted by Gasteiger charge is 2.61. The molecule has 1 saturated carbocycles. The lowest BCUT2D eigenvalue weighted by molar-refractivity contribution is -0.143. The Balaban J connectivity index is 1.42. The largest absolute Gasteiger partial charge is 0.383 e. The van der Waals surface area contributed by atoms with Gasteiger partial charge in [0.1, 0.15) is 23.4 Å². The standard InChI is InChI=1S/C26H30N8O4/c1-32-6-8-33(9-7-32)24(36)26-12-19(13-26)34(23-20(26)4-3-18(16-35)30-23)25(37)31-22-11-21(28-5-10-38-2)17(14-27)15-29-22/h3-4,11,15-16,19H,5-10,12-13H2,1-2H3,(H2,28,29,31,37). The number of nitriles is 1. The van der Waals surface area contributed by atoms with Crippen LogP contribution in [0.1, 0.15) is 34.5 Å². The van der Waals surface area contributed by atoms with Crippen LogP contribution in [0.25, 0.3) is 0 Å². The minimum absolute atomic E-state index is 0.0596. The lowest BCUT2D eigenvalue weighted by Crippen LogP contribution is -2.67. The van der Waals surface area contributed by atoms with Crippen molar-refractivity contribution in [3.63, 3.8) is 0 Å². The molecule has 2 N–H and O–H groups in total. The van der Waals surface area contributed by atoms with Gasteiger partial charge in [0, 0.05) is 63.7 Å². The molecule has 0 aromatic carbocycles. The number of carbonyl (C=O) groups is 3. The molecular formula is C26H30N8O4. The fourth-order valence-electron chi connectivity index (χ4n) is 5.49. The summed E-state index contributed by atoms with van der Waals surface area (Å²) in [6.07, 6.45) is 3.00. The lowest BCUT2D eigenvalue weighted by atomic mass is 9.57. The van der Waals surface area contributed by atoms with Crippen LogP contribution in [0.4, 0.5) is 22.1 Å². The van der Waals surface area contributed by atoms with Gasteiger partial charge in [0.05, 0.1) is 23.3 Å². The molecule has 0 spiro atoms. The lowest BCUT2D eigenvalue weighted by Gasteiger charge is -2.57. The fraction of sp³-hybridized carbons (Fsp3) is 0.462. The molecule has 0 atom stereocenters. The number of urea groups is 1. The van der Waals surface area contributed by atoms with Gasteiger partial charge in [-0.25, -0.2) is 14.8 Å². The van der Waals surface area contributed by atoms with Gasteiger partial charge in [0.15, 0.2) is 6.29 Å². The van der Waals surface area contributed by atoms with Crippen LogP contribution in [0, 0.1) is 11.3 Å². The summed E-state index contributed by atoms with van der Waals surface area (Å²) in [6.45, 7) is 3.87. The van der Waals surface area contributed by atoms with E-state index in [2.05, 4.69) is 31.6 Å². The Morgan fingerprint density at radius 3 is 2.71 bits per heavy atom. The molecule has 0 unspecified atom stereocenters. The van der Waals surface area contributed by atoms with Gasteiger partial charge in [0.2, 0.25) is 5.91 Å². The van der Waals surface area contributed by atoms with E-state index in [9.17, 15) is 19.6 Å². The van der Waals surface area contributed by atoms with Crippen molar-refractivity contribution in [3.8, 4) is 6.07 Å². The van der Waals surface area contributed by atoms with E-state index >= 15 is 0 Å². The van der Waals surface area contributed by atoms with E-state index in [0.717, 1.165) is 13.1 Å². The highest BCUT2D eigenvalue weighted by Crippen LogP contribution is 2.55. The molecule has 2 aromatic rings. The van der Waals surface area contributed by atoms with Crippen molar-refractivity contribution >= 4 is 35.5 Å². The SMILES string of the molecule is COCCNc1cc(NC(=O)N2c3nc(C=O)ccc3C3(C(=O)N4CCN(C)CC4)CC2C3)ncc1C#N. The number of nitrogens with zero attached hydrogens (tertiary/aromatic N) is 6. The maximum Gasteiger partial charge on any atom is 0.328 e. The molecule has 2 bridgehead atoms. The van der Waals surface area contributed by atoms with Crippen molar-refractivity contribution in [3.05, 3.63) is 41.2 Å². The number of rotatable bonds is 7. The zero-order valence-electron chi connectivity index (χ0n) is 21.4. The molecule has 5 heterocycles. The van der Waals surface area contributed by atoms with E-state index in [-0.39, 0.29) is 23.5 Å². The summed E-state index contributed by atoms with van der Waals surface area (Å²) in [5, 5.41) is 15.3. The van der Waals surface area contributed by atoms with Crippen LogP contribution in [0.15, 0.2) is 24.4 Å². The zero-order chi connectivity index (χ0) is 26.9. The third-order valence-corrected chi connectivity index (χ3v) is 7.59. The first kappa shape index (κ1) is 25.6. The number of hydrogen-bond acceptors (Lipinski definition) is 9. The third-order valence-electron chi connectivity index (χ3n) is 7.59. The molecule has 0 radical (unpaired) electrons. The number of pyridine rings is 2. The van der Waals surface area contributed by atoms with Gasteiger partial charge >= 0.3 is 6.03 Å². The highest BCUT2D eigenvalue weighted by molar-refractivity contribution is 6.05. The van der Waals surface area contributed by atoms with Crippen molar-refractivity contribution in [2.24, 2.45) is 0 Å². The Morgan fingerprint density at radius 2 is 2.03 bits per heavy atom. The maximum atomic E-state index is 13.7. The number of aromatic nitrogens is 2. The summed E-state index contributed by atoms with van der Waals surface area (Å²) in [7, 11) is 3.62. The number of piperazine rings is 1. The van der Waals surface area contributed by atoms with Gasteiger partial charge < -0.3 is 19.9 Å². The summed E-state index contributed by atoms with van der Waals surface area (Å²) in [5.74, 6) is 0.639. The molecule has 4 aliphatic rings. The molecule has 198 valence electrons. The smallest absolute Gasteiger partial charge is 0.328 e. The molecule has 2 aromatic heterocycles. The Kier molecular flexibility index (Phi) is 6.96. The van der Waals surface area contributed by atoms with Crippen LogP contribution in [-0.2, 0) is 14.9 Å². The number of ether oxygens (including phenoxy) is 1. The fourth-order valence-corrected chi connectivity index (χ4v) is 5.49. The first-order valence-corrected chi connectivity index (χ1v) is 12.6. The highest BCUT2D eigenvalue weighted by atomic mass is 16.5.